The molecule has 0 radical (unpaired) electrons. The van der Waals surface area contributed by atoms with Crippen LogP contribution in [-0.2, 0) is 23.8 Å². The largest absolute Gasteiger partial charge is 0.462 e. The van der Waals surface area contributed by atoms with Gasteiger partial charge in [0.25, 0.3) is 0 Å². The summed E-state index contributed by atoms with van der Waals surface area (Å²) in [6.07, 6.45) is 13.9. The van der Waals surface area contributed by atoms with Crippen LogP contribution in [0.25, 0.3) is 0 Å². The lowest BCUT2D eigenvalue weighted by Gasteiger charge is -2.17. The number of esters is 2. The minimum Gasteiger partial charge on any atom is -0.462 e. The Kier molecular flexibility index (Phi) is 18.9. The van der Waals surface area contributed by atoms with Crippen LogP contribution in [0.5, 0.6) is 0 Å². The van der Waals surface area contributed by atoms with E-state index in [9.17, 15) is 9.59 Å². The molecule has 160 valence electrons. The fourth-order valence-corrected chi connectivity index (χ4v) is 2.90. The average molecular weight is 387 g/mol. The van der Waals surface area contributed by atoms with Crippen molar-refractivity contribution in [2.24, 2.45) is 0 Å². The Morgan fingerprint density at radius 3 is 1.67 bits per heavy atom. The van der Waals surface area contributed by atoms with Crippen LogP contribution in [0.4, 0.5) is 0 Å². The average Bonchev–Trinajstić information content (AvgIpc) is 2.65. The third kappa shape index (κ3) is 18.0. The zero-order chi connectivity index (χ0) is 20.2. The van der Waals surface area contributed by atoms with Gasteiger partial charge in [-0.05, 0) is 12.8 Å². The van der Waals surface area contributed by atoms with E-state index in [1.54, 1.807) is 7.11 Å². The number of methoxy groups -OCH3 is 1. The Morgan fingerprint density at radius 1 is 0.667 bits per heavy atom. The van der Waals surface area contributed by atoms with Crippen LogP contribution in [0.3, 0.4) is 0 Å². The van der Waals surface area contributed by atoms with E-state index in [0.29, 0.717) is 12.8 Å². The molecule has 0 N–H and O–H groups in total. The summed E-state index contributed by atoms with van der Waals surface area (Å²) in [5, 5.41) is 0. The summed E-state index contributed by atoms with van der Waals surface area (Å²) in [7, 11) is 1.55. The van der Waals surface area contributed by atoms with E-state index >= 15 is 0 Å². The Hall–Kier alpha value is -1.10. The van der Waals surface area contributed by atoms with Crippen LogP contribution in [0.2, 0.25) is 0 Å². The third-order valence-electron chi connectivity index (χ3n) is 4.55. The molecule has 27 heavy (non-hydrogen) atoms. The zero-order valence-electron chi connectivity index (χ0n) is 17.9. The van der Waals surface area contributed by atoms with Crippen molar-refractivity contribution in [2.45, 2.75) is 110 Å². The summed E-state index contributed by atoms with van der Waals surface area (Å²) in [6.45, 7) is 4.69. The highest BCUT2D eigenvalue weighted by Gasteiger charge is 2.16. The number of carbonyl (C=O) groups excluding carboxylic acids is 2. The third-order valence-corrected chi connectivity index (χ3v) is 4.55. The van der Waals surface area contributed by atoms with Gasteiger partial charge in [0.1, 0.15) is 6.61 Å². The van der Waals surface area contributed by atoms with E-state index in [0.717, 1.165) is 25.7 Å². The standard InChI is InChI=1S/C22H42O5/c1-4-6-8-10-12-14-16-21(23)26-19-20(18-25-3)27-22(24)17-15-13-11-9-7-5-2/h20H,4-19H2,1-3H3. The minimum absolute atomic E-state index is 0.0742. The first-order valence-electron chi connectivity index (χ1n) is 11.0. The second-order valence-corrected chi connectivity index (χ2v) is 7.29. The SMILES string of the molecule is CCCCCCCCC(=O)OCC(COC)OC(=O)CCCCCCCC. The van der Waals surface area contributed by atoms with Crippen molar-refractivity contribution in [1.29, 1.82) is 0 Å². The van der Waals surface area contributed by atoms with Crippen LogP contribution in [0.15, 0.2) is 0 Å². The molecule has 1 atom stereocenters. The van der Waals surface area contributed by atoms with Crippen molar-refractivity contribution in [3.05, 3.63) is 0 Å². The van der Waals surface area contributed by atoms with E-state index in [1.165, 1.54) is 51.4 Å². The Morgan fingerprint density at radius 2 is 1.15 bits per heavy atom. The van der Waals surface area contributed by atoms with Crippen LogP contribution >= 0.6 is 0 Å². The normalized spacial score (nSPS) is 12.0. The maximum Gasteiger partial charge on any atom is 0.306 e. The lowest BCUT2D eigenvalue weighted by Crippen LogP contribution is -2.29. The van der Waals surface area contributed by atoms with Crippen LogP contribution in [0.1, 0.15) is 104 Å². The molecular weight excluding hydrogens is 344 g/mol. The molecule has 0 aromatic heterocycles. The molecule has 0 bridgehead atoms. The van der Waals surface area contributed by atoms with Gasteiger partial charge < -0.3 is 14.2 Å². The molecule has 0 aromatic rings. The molecule has 0 saturated heterocycles. The molecule has 0 fully saturated rings. The summed E-state index contributed by atoms with van der Waals surface area (Å²) in [5.74, 6) is -0.460. The fourth-order valence-electron chi connectivity index (χ4n) is 2.90. The van der Waals surface area contributed by atoms with E-state index < -0.39 is 6.10 Å². The number of rotatable bonds is 19. The molecule has 1 unspecified atom stereocenters. The van der Waals surface area contributed by atoms with E-state index in [2.05, 4.69) is 13.8 Å². The van der Waals surface area contributed by atoms with Gasteiger partial charge >= 0.3 is 11.9 Å². The van der Waals surface area contributed by atoms with Gasteiger partial charge in [0.15, 0.2) is 6.10 Å². The number of hydrogen-bond acceptors (Lipinski definition) is 5. The molecule has 0 heterocycles. The molecule has 0 amide bonds. The Bertz CT molecular complexity index is 357. The van der Waals surface area contributed by atoms with E-state index in [4.69, 9.17) is 14.2 Å². The van der Waals surface area contributed by atoms with Crippen molar-refractivity contribution in [3.8, 4) is 0 Å². The first kappa shape index (κ1) is 25.9. The van der Waals surface area contributed by atoms with Gasteiger partial charge in [0.05, 0.1) is 6.61 Å². The first-order valence-corrected chi connectivity index (χ1v) is 11.0. The van der Waals surface area contributed by atoms with Gasteiger partial charge in [-0.1, -0.05) is 78.1 Å². The number of unbranched alkanes of at least 4 members (excludes halogenated alkanes) is 10. The molecule has 0 spiro atoms. The summed E-state index contributed by atoms with van der Waals surface area (Å²) < 4.78 is 15.7. The maximum atomic E-state index is 11.9. The minimum atomic E-state index is -0.518. The monoisotopic (exact) mass is 386 g/mol. The highest BCUT2D eigenvalue weighted by Crippen LogP contribution is 2.10. The summed E-state index contributed by atoms with van der Waals surface area (Å²) in [5.41, 5.74) is 0. The molecular formula is C22H42O5. The molecule has 5 heteroatoms. The van der Waals surface area contributed by atoms with Crippen molar-refractivity contribution >= 4 is 11.9 Å². The topological polar surface area (TPSA) is 61.8 Å². The smallest absolute Gasteiger partial charge is 0.306 e. The number of hydrogen-bond donors (Lipinski definition) is 0. The number of ether oxygens (including phenoxy) is 3. The quantitative estimate of drug-likeness (QED) is 0.214. The van der Waals surface area contributed by atoms with Crippen molar-refractivity contribution in [2.75, 3.05) is 20.3 Å². The van der Waals surface area contributed by atoms with Gasteiger partial charge in [0.2, 0.25) is 0 Å². The van der Waals surface area contributed by atoms with E-state index in [1.807, 2.05) is 0 Å². The van der Waals surface area contributed by atoms with Gasteiger partial charge in [-0.25, -0.2) is 0 Å². The van der Waals surface area contributed by atoms with Crippen molar-refractivity contribution < 1.29 is 23.8 Å². The predicted octanol–water partition coefficient (Wildman–Crippen LogP) is 5.59. The lowest BCUT2D eigenvalue weighted by atomic mass is 10.1. The molecule has 0 aromatic carbocycles. The maximum absolute atomic E-state index is 11.9. The van der Waals surface area contributed by atoms with Gasteiger partial charge in [0, 0.05) is 20.0 Å². The summed E-state index contributed by atoms with van der Waals surface area (Å²) in [6, 6.07) is 0. The summed E-state index contributed by atoms with van der Waals surface area (Å²) >= 11 is 0. The van der Waals surface area contributed by atoms with Crippen LogP contribution < -0.4 is 0 Å². The van der Waals surface area contributed by atoms with E-state index in [-0.39, 0.29) is 25.2 Å². The Balaban J connectivity index is 3.84. The van der Waals surface area contributed by atoms with Gasteiger partial charge in [-0.3, -0.25) is 9.59 Å². The first-order chi connectivity index (χ1) is 13.1. The molecule has 0 aliphatic carbocycles. The Labute approximate surface area is 166 Å². The molecule has 0 saturated carbocycles. The van der Waals surface area contributed by atoms with Gasteiger partial charge in [-0.2, -0.15) is 0 Å². The highest BCUT2D eigenvalue weighted by molar-refractivity contribution is 5.70. The second kappa shape index (κ2) is 19.7. The van der Waals surface area contributed by atoms with Crippen molar-refractivity contribution in [3.63, 3.8) is 0 Å². The summed E-state index contributed by atoms with van der Waals surface area (Å²) in [4.78, 5) is 23.8. The molecule has 0 aliphatic heterocycles. The van der Waals surface area contributed by atoms with Crippen LogP contribution in [0, 0.1) is 0 Å². The van der Waals surface area contributed by atoms with Gasteiger partial charge in [-0.15, -0.1) is 0 Å². The fraction of sp³-hybridized carbons (Fsp3) is 0.909. The predicted molar refractivity (Wildman–Crippen MR) is 109 cm³/mol. The molecule has 0 aliphatic rings. The molecule has 5 nitrogen and oxygen atoms in total. The second-order valence-electron chi connectivity index (χ2n) is 7.29. The van der Waals surface area contributed by atoms with Crippen LogP contribution in [-0.4, -0.2) is 38.4 Å². The number of carbonyl (C=O) groups is 2. The zero-order valence-corrected chi connectivity index (χ0v) is 17.9. The molecule has 0 rings (SSSR count). The lowest BCUT2D eigenvalue weighted by molar-refractivity contribution is -0.162. The highest BCUT2D eigenvalue weighted by atomic mass is 16.6. The van der Waals surface area contributed by atoms with Crippen molar-refractivity contribution in [1.82, 2.24) is 0 Å².